The Labute approximate surface area is 273 Å². The van der Waals surface area contributed by atoms with Crippen LogP contribution in [0.3, 0.4) is 0 Å². The highest BCUT2D eigenvalue weighted by atomic mass is 35.5. The van der Waals surface area contributed by atoms with Gasteiger partial charge in [0.2, 0.25) is 15.9 Å². The SMILES string of the molecule is C[C@@H]1CC([C@H](c2ccc(Cl)c(F)c2)[C@H](NC(=O)O)C(=O)Nc2cccc(F)c2CC[C@H]2CN[C@@H]3CCCS(=O)(=O)N2C3)C[C@H](C)O1. The van der Waals surface area contributed by atoms with Crippen LogP contribution < -0.4 is 16.0 Å². The summed E-state index contributed by atoms with van der Waals surface area (Å²) in [5.74, 6) is -3.02. The van der Waals surface area contributed by atoms with Gasteiger partial charge in [0.25, 0.3) is 0 Å². The molecule has 3 aliphatic heterocycles. The lowest BCUT2D eigenvalue weighted by Gasteiger charge is -2.40. The standard InChI is InChI=1S/C32H41ClF2N4O6S/c1-18-13-21(14-19(2)45-18)29(20-8-11-25(33)27(35)15-20)30(38-32(41)42)31(40)37-28-7-3-6-26(34)24(28)10-9-23-16-36-22-5-4-12-46(43,44)39(23)17-22/h3,6-8,11,15,18-19,21-23,29-30,36,38H,4-5,9-10,12-14,16-17H2,1-2H3,(H,37,40)(H,41,42)/t18-,19+,21?,22-,23+,29+,30+/m1/s1. The lowest BCUT2D eigenvalue weighted by Crippen LogP contribution is -2.57. The molecule has 5 rings (SSSR count). The summed E-state index contributed by atoms with van der Waals surface area (Å²) >= 11 is 5.96. The number of ether oxygens (including phenoxy) is 1. The van der Waals surface area contributed by atoms with Gasteiger partial charge in [-0.05, 0) is 88.1 Å². The van der Waals surface area contributed by atoms with E-state index in [0.717, 1.165) is 6.42 Å². The molecule has 2 amide bonds. The number of carbonyl (C=O) groups excluding carboxylic acids is 1. The van der Waals surface area contributed by atoms with Crippen LogP contribution in [0.25, 0.3) is 0 Å². The molecule has 0 radical (unpaired) electrons. The number of hydrogen-bond acceptors (Lipinski definition) is 6. The Balaban J connectivity index is 1.43. The van der Waals surface area contributed by atoms with Crippen LogP contribution in [0.2, 0.25) is 5.02 Å². The van der Waals surface area contributed by atoms with Crippen molar-refractivity contribution in [3.63, 3.8) is 0 Å². The number of sulfonamides is 1. The highest BCUT2D eigenvalue weighted by molar-refractivity contribution is 7.89. The van der Waals surface area contributed by atoms with Gasteiger partial charge in [-0.25, -0.2) is 22.0 Å². The second-order valence-corrected chi connectivity index (χ2v) is 15.1. The minimum atomic E-state index is -3.45. The van der Waals surface area contributed by atoms with E-state index in [0.29, 0.717) is 44.3 Å². The Morgan fingerprint density at radius 2 is 1.89 bits per heavy atom. The van der Waals surface area contributed by atoms with Crippen molar-refractivity contribution < 1.29 is 36.6 Å². The summed E-state index contributed by atoms with van der Waals surface area (Å²) in [6, 6.07) is 6.73. The Hall–Kier alpha value is -2.84. The predicted octanol–water partition coefficient (Wildman–Crippen LogP) is 4.88. The highest BCUT2D eigenvalue weighted by Gasteiger charge is 2.41. The molecule has 2 aromatic carbocycles. The lowest BCUT2D eigenvalue weighted by molar-refractivity contribution is -0.120. The zero-order valence-electron chi connectivity index (χ0n) is 25.8. The Morgan fingerprint density at radius 3 is 2.59 bits per heavy atom. The number of fused-ring (bicyclic) bond motifs is 2. The van der Waals surface area contributed by atoms with Gasteiger partial charge in [-0.15, -0.1) is 0 Å². The number of carbonyl (C=O) groups is 2. The number of nitrogens with one attached hydrogen (secondary N) is 3. The monoisotopic (exact) mass is 682 g/mol. The number of anilines is 1. The fraction of sp³-hybridized carbons (Fsp3) is 0.562. The predicted molar refractivity (Wildman–Crippen MR) is 170 cm³/mol. The maximum Gasteiger partial charge on any atom is 0.405 e. The van der Waals surface area contributed by atoms with Crippen molar-refractivity contribution in [1.82, 2.24) is 14.9 Å². The van der Waals surface area contributed by atoms with Gasteiger partial charge in [0, 0.05) is 42.3 Å². The number of rotatable bonds is 9. The number of benzene rings is 2. The van der Waals surface area contributed by atoms with E-state index in [1.165, 1.54) is 34.6 Å². The van der Waals surface area contributed by atoms with Crippen LogP contribution in [-0.4, -0.2) is 79.0 Å². The fourth-order valence-electron chi connectivity index (χ4n) is 7.35. The molecule has 0 saturated carbocycles. The third-order valence-electron chi connectivity index (χ3n) is 9.36. The summed E-state index contributed by atoms with van der Waals surface area (Å²) in [4.78, 5) is 26.1. The summed E-state index contributed by atoms with van der Waals surface area (Å²) in [6.07, 6.45) is 0.946. The summed E-state index contributed by atoms with van der Waals surface area (Å²) in [6.45, 7) is 4.58. The highest BCUT2D eigenvalue weighted by Crippen LogP contribution is 2.40. The van der Waals surface area contributed by atoms with Crippen LogP contribution in [0.4, 0.5) is 19.3 Å². The van der Waals surface area contributed by atoms with Crippen molar-refractivity contribution in [1.29, 1.82) is 0 Å². The average Bonchev–Trinajstić information content (AvgIpc) is 3.09. The molecular weight excluding hydrogens is 642 g/mol. The van der Waals surface area contributed by atoms with Gasteiger partial charge in [0.15, 0.2) is 0 Å². The molecule has 0 aromatic heterocycles. The normalized spacial score (nSPS) is 28.8. The quantitative estimate of drug-likeness (QED) is 0.296. The number of hydrogen-bond donors (Lipinski definition) is 4. The first-order valence-electron chi connectivity index (χ1n) is 15.7. The maximum atomic E-state index is 15.3. The first kappa shape index (κ1) is 34.5. The van der Waals surface area contributed by atoms with Crippen LogP contribution in [0, 0.1) is 17.6 Å². The van der Waals surface area contributed by atoms with E-state index in [4.69, 9.17) is 16.3 Å². The fourth-order valence-corrected chi connectivity index (χ4v) is 9.28. The molecule has 3 heterocycles. The van der Waals surface area contributed by atoms with Crippen LogP contribution in [0.1, 0.15) is 63.0 Å². The third-order valence-corrected chi connectivity index (χ3v) is 11.6. The van der Waals surface area contributed by atoms with Gasteiger partial charge >= 0.3 is 6.09 Å². The van der Waals surface area contributed by atoms with Crippen molar-refractivity contribution >= 4 is 39.3 Å². The van der Waals surface area contributed by atoms with E-state index in [9.17, 15) is 27.5 Å². The van der Waals surface area contributed by atoms with Gasteiger partial charge in [0.1, 0.15) is 17.7 Å². The zero-order chi connectivity index (χ0) is 33.2. The molecule has 3 aliphatic rings. The van der Waals surface area contributed by atoms with E-state index in [-0.39, 0.29) is 58.7 Å². The van der Waals surface area contributed by atoms with E-state index in [1.54, 1.807) is 6.07 Å². The summed E-state index contributed by atoms with van der Waals surface area (Å²) in [5, 5.41) is 18.2. The average molecular weight is 683 g/mol. The zero-order valence-corrected chi connectivity index (χ0v) is 27.4. The Kier molecular flexibility index (Phi) is 10.9. The lowest BCUT2D eigenvalue weighted by atomic mass is 9.74. The third kappa shape index (κ3) is 7.99. The molecule has 2 bridgehead atoms. The molecule has 14 heteroatoms. The minimum Gasteiger partial charge on any atom is -0.465 e. The van der Waals surface area contributed by atoms with Crippen LogP contribution in [0.15, 0.2) is 36.4 Å². The van der Waals surface area contributed by atoms with Gasteiger partial charge in [-0.3, -0.25) is 4.79 Å². The van der Waals surface area contributed by atoms with Crippen molar-refractivity contribution in [3.05, 3.63) is 64.2 Å². The van der Waals surface area contributed by atoms with Gasteiger partial charge in [0.05, 0.1) is 23.0 Å². The number of carboxylic acid groups (broad SMARTS) is 1. The second kappa shape index (κ2) is 14.5. The van der Waals surface area contributed by atoms with Crippen molar-refractivity contribution in [2.24, 2.45) is 5.92 Å². The largest absolute Gasteiger partial charge is 0.465 e. The number of amides is 2. The molecule has 10 nitrogen and oxygen atoms in total. The smallest absolute Gasteiger partial charge is 0.405 e. The van der Waals surface area contributed by atoms with Crippen LogP contribution in [-0.2, 0) is 26.0 Å². The second-order valence-electron chi connectivity index (χ2n) is 12.7. The molecule has 0 spiro atoms. The van der Waals surface area contributed by atoms with Crippen molar-refractivity contribution in [2.45, 2.75) is 88.6 Å². The molecule has 3 fully saturated rings. The molecule has 4 N–H and O–H groups in total. The van der Waals surface area contributed by atoms with E-state index >= 15 is 4.39 Å². The van der Waals surface area contributed by atoms with Gasteiger partial charge < -0.3 is 25.8 Å². The van der Waals surface area contributed by atoms with E-state index < -0.39 is 45.6 Å². The topological polar surface area (TPSA) is 137 Å². The van der Waals surface area contributed by atoms with E-state index in [2.05, 4.69) is 16.0 Å². The summed E-state index contributed by atoms with van der Waals surface area (Å²) in [7, 11) is -3.45. The first-order chi connectivity index (χ1) is 21.8. The van der Waals surface area contributed by atoms with Crippen LogP contribution >= 0.6 is 11.6 Å². The molecule has 3 saturated heterocycles. The molecule has 2 aromatic rings. The number of piperazine rings is 1. The minimum absolute atomic E-state index is 0.0734. The Morgan fingerprint density at radius 1 is 1.15 bits per heavy atom. The first-order valence-corrected chi connectivity index (χ1v) is 17.7. The molecule has 0 aliphatic carbocycles. The van der Waals surface area contributed by atoms with Crippen molar-refractivity contribution in [2.75, 3.05) is 24.2 Å². The summed E-state index contributed by atoms with van der Waals surface area (Å²) in [5.41, 5.74) is 0.724. The van der Waals surface area contributed by atoms with Crippen molar-refractivity contribution in [3.8, 4) is 0 Å². The maximum absolute atomic E-state index is 15.3. The summed E-state index contributed by atoms with van der Waals surface area (Å²) < 4.78 is 63.4. The Bertz CT molecular complexity index is 1540. The molecule has 252 valence electrons. The van der Waals surface area contributed by atoms with Crippen LogP contribution in [0.5, 0.6) is 0 Å². The molecular formula is C32H41ClF2N4O6S. The van der Waals surface area contributed by atoms with E-state index in [1.807, 2.05) is 13.8 Å². The molecule has 8 atom stereocenters. The molecule has 46 heavy (non-hydrogen) atoms. The number of nitrogens with zero attached hydrogens (tertiary/aromatic N) is 1. The number of halogens is 3. The van der Waals surface area contributed by atoms with Gasteiger partial charge in [-0.1, -0.05) is 23.7 Å². The molecule has 2 unspecified atom stereocenters. The van der Waals surface area contributed by atoms with Gasteiger partial charge in [-0.2, -0.15) is 4.31 Å².